The number of imide groups is 1. The molecular weight excluding hydrogens is 389 g/mol. The van der Waals surface area contributed by atoms with Crippen molar-refractivity contribution in [2.45, 2.75) is 6.92 Å². The molecule has 0 bridgehead atoms. The average Bonchev–Trinajstić information content (AvgIpc) is 3.37. The second-order valence-electron chi connectivity index (χ2n) is 6.04. The van der Waals surface area contributed by atoms with E-state index in [0.29, 0.717) is 21.1 Å². The number of aromatic nitrogens is 2. The minimum Gasteiger partial charge on any atom is -0.451 e. The fraction of sp³-hybridized carbons (Fsp3) is 0.222. The Kier molecular flexibility index (Phi) is 4.55. The van der Waals surface area contributed by atoms with Crippen molar-refractivity contribution >= 4 is 39.5 Å². The van der Waals surface area contributed by atoms with Gasteiger partial charge in [-0.1, -0.05) is 0 Å². The van der Waals surface area contributed by atoms with Gasteiger partial charge in [-0.25, -0.2) is 23.6 Å². The summed E-state index contributed by atoms with van der Waals surface area (Å²) in [4.78, 5) is 37.5. The quantitative estimate of drug-likeness (QED) is 0.622. The monoisotopic (exact) mass is 403 g/mol. The van der Waals surface area contributed by atoms with Gasteiger partial charge in [0, 0.05) is 5.39 Å². The molecule has 0 atom stereocenters. The Hall–Kier alpha value is -3.27. The highest BCUT2D eigenvalue weighted by molar-refractivity contribution is 7.20. The van der Waals surface area contributed by atoms with Crippen molar-refractivity contribution in [2.24, 2.45) is 0 Å². The molecule has 0 unspecified atom stereocenters. The zero-order valence-electron chi connectivity index (χ0n) is 14.7. The van der Waals surface area contributed by atoms with Crippen molar-refractivity contribution in [3.05, 3.63) is 46.7 Å². The minimum atomic E-state index is -0.738. The van der Waals surface area contributed by atoms with E-state index in [9.17, 15) is 18.8 Å². The van der Waals surface area contributed by atoms with Crippen LogP contribution in [0.5, 0.6) is 0 Å². The lowest BCUT2D eigenvalue weighted by atomic mass is 10.3. The lowest BCUT2D eigenvalue weighted by molar-refractivity contribution is -0.131. The van der Waals surface area contributed by atoms with Crippen LogP contribution in [0, 0.1) is 12.7 Å². The number of halogens is 1. The summed E-state index contributed by atoms with van der Waals surface area (Å²) in [5.74, 6) is -1.66. The largest absolute Gasteiger partial charge is 0.451 e. The maximum absolute atomic E-state index is 13.2. The van der Waals surface area contributed by atoms with Crippen molar-refractivity contribution in [3.8, 4) is 5.69 Å². The predicted molar refractivity (Wildman–Crippen MR) is 97.0 cm³/mol. The SMILES string of the molecule is Cc1nn(-c2ccc(F)cc2)c2sc(C(=O)OCC(=O)N3CCOC3=O)cc12. The maximum Gasteiger partial charge on any atom is 0.416 e. The number of carbonyl (C=O) groups excluding carboxylic acids is 3. The highest BCUT2D eigenvalue weighted by Gasteiger charge is 2.29. The molecule has 0 saturated carbocycles. The molecule has 1 aliphatic rings. The third-order valence-electron chi connectivity index (χ3n) is 4.21. The van der Waals surface area contributed by atoms with Crippen LogP contribution in [0.1, 0.15) is 15.4 Å². The number of amides is 2. The number of rotatable bonds is 4. The molecule has 28 heavy (non-hydrogen) atoms. The molecule has 0 radical (unpaired) electrons. The molecule has 10 heteroatoms. The molecule has 144 valence electrons. The minimum absolute atomic E-state index is 0.133. The van der Waals surface area contributed by atoms with E-state index in [2.05, 4.69) is 9.84 Å². The number of hydrogen-bond donors (Lipinski definition) is 0. The van der Waals surface area contributed by atoms with Crippen molar-refractivity contribution in [2.75, 3.05) is 19.8 Å². The van der Waals surface area contributed by atoms with Gasteiger partial charge >= 0.3 is 12.1 Å². The summed E-state index contributed by atoms with van der Waals surface area (Å²) in [6.07, 6.45) is -0.738. The second-order valence-corrected chi connectivity index (χ2v) is 7.07. The fourth-order valence-corrected chi connectivity index (χ4v) is 3.88. The van der Waals surface area contributed by atoms with Gasteiger partial charge in [0.1, 0.15) is 22.1 Å². The van der Waals surface area contributed by atoms with Gasteiger partial charge in [-0.2, -0.15) is 5.10 Å². The lowest BCUT2D eigenvalue weighted by Crippen LogP contribution is -2.35. The van der Waals surface area contributed by atoms with E-state index in [1.165, 1.54) is 12.1 Å². The molecule has 0 N–H and O–H groups in total. The van der Waals surface area contributed by atoms with Gasteiger partial charge in [-0.05, 0) is 37.3 Å². The van der Waals surface area contributed by atoms with Gasteiger partial charge < -0.3 is 9.47 Å². The van der Waals surface area contributed by atoms with Crippen LogP contribution >= 0.6 is 11.3 Å². The van der Waals surface area contributed by atoms with Crippen molar-refractivity contribution in [1.29, 1.82) is 0 Å². The Morgan fingerprint density at radius 2 is 2.07 bits per heavy atom. The van der Waals surface area contributed by atoms with Gasteiger partial charge in [-0.15, -0.1) is 11.3 Å². The third kappa shape index (κ3) is 3.22. The van der Waals surface area contributed by atoms with Crippen molar-refractivity contribution < 1.29 is 28.2 Å². The topological polar surface area (TPSA) is 90.7 Å². The van der Waals surface area contributed by atoms with Crippen molar-refractivity contribution in [3.63, 3.8) is 0 Å². The molecule has 8 nitrogen and oxygen atoms in total. The fourth-order valence-electron chi connectivity index (χ4n) is 2.80. The summed E-state index contributed by atoms with van der Waals surface area (Å²) in [6.45, 7) is 1.52. The highest BCUT2D eigenvalue weighted by Crippen LogP contribution is 2.30. The number of thiophene rings is 1. The standard InChI is InChI=1S/C18H14FN3O5S/c1-10-13-8-14(17(24)27-9-15(23)21-6-7-26-18(21)25)28-16(13)22(20-10)12-4-2-11(19)3-5-12/h2-5,8H,6-7,9H2,1H3. The van der Waals surface area contributed by atoms with Crippen LogP contribution in [0.15, 0.2) is 30.3 Å². The predicted octanol–water partition coefficient (Wildman–Crippen LogP) is 2.67. The number of cyclic esters (lactones) is 1. The molecule has 2 amide bonds. The van der Waals surface area contributed by atoms with Crippen LogP contribution < -0.4 is 0 Å². The summed E-state index contributed by atoms with van der Waals surface area (Å²) in [5.41, 5.74) is 1.36. The summed E-state index contributed by atoms with van der Waals surface area (Å²) < 4.78 is 24.5. The number of aryl methyl sites for hydroxylation is 1. The number of fused-ring (bicyclic) bond motifs is 1. The molecule has 1 aliphatic heterocycles. The third-order valence-corrected chi connectivity index (χ3v) is 5.30. The Morgan fingerprint density at radius 1 is 1.32 bits per heavy atom. The zero-order valence-corrected chi connectivity index (χ0v) is 15.5. The number of nitrogens with zero attached hydrogens (tertiary/aromatic N) is 3. The van der Waals surface area contributed by atoms with E-state index in [4.69, 9.17) is 4.74 Å². The molecule has 1 fully saturated rings. The number of carbonyl (C=O) groups is 3. The van der Waals surface area contributed by atoms with Crippen LogP contribution in [-0.2, 0) is 14.3 Å². The number of benzene rings is 1. The van der Waals surface area contributed by atoms with E-state index >= 15 is 0 Å². The first-order chi connectivity index (χ1) is 13.4. The number of esters is 1. The Balaban J connectivity index is 1.53. The first-order valence-electron chi connectivity index (χ1n) is 8.33. The van der Waals surface area contributed by atoms with Gasteiger partial charge in [0.15, 0.2) is 6.61 Å². The molecule has 1 saturated heterocycles. The molecule has 0 aliphatic carbocycles. The van der Waals surface area contributed by atoms with Gasteiger partial charge in [0.25, 0.3) is 5.91 Å². The van der Waals surface area contributed by atoms with E-state index in [0.717, 1.165) is 21.6 Å². The van der Waals surface area contributed by atoms with E-state index in [1.54, 1.807) is 29.8 Å². The highest BCUT2D eigenvalue weighted by atomic mass is 32.1. The average molecular weight is 403 g/mol. The summed E-state index contributed by atoms with van der Waals surface area (Å²) >= 11 is 1.15. The summed E-state index contributed by atoms with van der Waals surface area (Å²) in [6, 6.07) is 7.48. The van der Waals surface area contributed by atoms with Crippen LogP contribution in [0.25, 0.3) is 15.9 Å². The molecular formula is C18H14FN3O5S. The lowest BCUT2D eigenvalue weighted by Gasteiger charge is -2.10. The molecule has 3 heterocycles. The van der Waals surface area contributed by atoms with E-state index in [1.807, 2.05) is 0 Å². The van der Waals surface area contributed by atoms with Gasteiger partial charge in [0.05, 0.1) is 17.9 Å². The van der Waals surface area contributed by atoms with Crippen molar-refractivity contribution in [1.82, 2.24) is 14.7 Å². The normalized spacial score (nSPS) is 13.8. The molecule has 3 aromatic rings. The molecule has 0 spiro atoms. The summed E-state index contributed by atoms with van der Waals surface area (Å²) in [7, 11) is 0. The van der Waals surface area contributed by atoms with E-state index < -0.39 is 24.6 Å². The number of ether oxygens (including phenoxy) is 2. The molecule has 1 aromatic carbocycles. The van der Waals surface area contributed by atoms with Crippen LogP contribution in [-0.4, -0.2) is 52.4 Å². The van der Waals surface area contributed by atoms with Crippen LogP contribution in [0.4, 0.5) is 9.18 Å². The Bertz CT molecular complexity index is 1090. The van der Waals surface area contributed by atoms with E-state index in [-0.39, 0.29) is 19.0 Å². The second kappa shape index (κ2) is 7.04. The maximum atomic E-state index is 13.2. The summed E-state index contributed by atoms with van der Waals surface area (Å²) in [5, 5.41) is 5.19. The first kappa shape index (κ1) is 18.1. The Morgan fingerprint density at radius 3 is 2.75 bits per heavy atom. The smallest absolute Gasteiger partial charge is 0.416 e. The zero-order chi connectivity index (χ0) is 19.8. The van der Waals surface area contributed by atoms with Crippen LogP contribution in [0.3, 0.4) is 0 Å². The Labute approximate surface area is 162 Å². The van der Waals surface area contributed by atoms with Gasteiger partial charge in [-0.3, -0.25) is 4.79 Å². The molecule has 4 rings (SSSR count). The van der Waals surface area contributed by atoms with Crippen LogP contribution in [0.2, 0.25) is 0 Å². The number of hydrogen-bond acceptors (Lipinski definition) is 7. The van der Waals surface area contributed by atoms with Gasteiger partial charge in [0.2, 0.25) is 0 Å². The molecule has 2 aromatic heterocycles. The first-order valence-corrected chi connectivity index (χ1v) is 9.15.